The third-order valence-corrected chi connectivity index (χ3v) is 3.33. The van der Waals surface area contributed by atoms with Gasteiger partial charge in [-0.2, -0.15) is 0 Å². The summed E-state index contributed by atoms with van der Waals surface area (Å²) < 4.78 is 0. The Labute approximate surface area is 83.5 Å². The Morgan fingerprint density at radius 2 is 2.29 bits per heavy atom. The summed E-state index contributed by atoms with van der Waals surface area (Å²) in [6.45, 7) is 3.14. The lowest BCUT2D eigenvalue weighted by Crippen LogP contribution is -2.35. The molecule has 1 unspecified atom stereocenters. The van der Waals surface area contributed by atoms with Crippen molar-refractivity contribution in [2.24, 2.45) is 0 Å². The van der Waals surface area contributed by atoms with Crippen LogP contribution >= 0.6 is 0 Å². The fraction of sp³-hybridized carbons (Fsp3) is 0.417. The zero-order valence-electron chi connectivity index (χ0n) is 8.29. The zero-order chi connectivity index (χ0) is 9.71. The van der Waals surface area contributed by atoms with Crippen molar-refractivity contribution in [1.82, 2.24) is 0 Å². The zero-order valence-corrected chi connectivity index (χ0v) is 8.29. The van der Waals surface area contributed by atoms with E-state index in [1.165, 1.54) is 11.3 Å². The van der Waals surface area contributed by atoms with Gasteiger partial charge in [0, 0.05) is 24.6 Å². The van der Waals surface area contributed by atoms with Crippen molar-refractivity contribution in [2.75, 3.05) is 11.4 Å². The number of Topliss-reactive ketones (excluding diaryl/α,β-unsaturated/α-hetero) is 1. The highest BCUT2D eigenvalue weighted by Gasteiger charge is 2.33. The maximum absolute atomic E-state index is 11.7. The van der Waals surface area contributed by atoms with Gasteiger partial charge in [0.05, 0.1) is 5.69 Å². The van der Waals surface area contributed by atoms with Crippen LogP contribution in [0.15, 0.2) is 18.2 Å². The van der Waals surface area contributed by atoms with Crippen LogP contribution in [0, 0.1) is 0 Å². The van der Waals surface area contributed by atoms with Crippen LogP contribution in [0.4, 0.5) is 5.69 Å². The molecule has 0 saturated heterocycles. The number of para-hydroxylation sites is 1. The molecule has 0 bridgehead atoms. The molecule has 0 spiro atoms. The molecule has 72 valence electrons. The van der Waals surface area contributed by atoms with Gasteiger partial charge in [-0.15, -0.1) is 0 Å². The van der Waals surface area contributed by atoms with Gasteiger partial charge in [0.15, 0.2) is 5.78 Å². The molecule has 14 heavy (non-hydrogen) atoms. The number of ketones is 1. The summed E-state index contributed by atoms with van der Waals surface area (Å²) in [5, 5.41) is 0. The van der Waals surface area contributed by atoms with Crippen molar-refractivity contribution in [3.63, 3.8) is 0 Å². The Hall–Kier alpha value is -1.31. The first kappa shape index (κ1) is 8.04. The molecule has 3 rings (SSSR count). The molecule has 0 radical (unpaired) electrons. The summed E-state index contributed by atoms with van der Waals surface area (Å²) in [6.07, 6.45) is 1.78. The monoisotopic (exact) mass is 187 g/mol. The molecule has 2 aliphatic heterocycles. The van der Waals surface area contributed by atoms with E-state index in [1.807, 2.05) is 12.1 Å². The summed E-state index contributed by atoms with van der Waals surface area (Å²) in [7, 11) is 0. The number of nitrogens with zero attached hydrogens (tertiary/aromatic N) is 1. The number of benzene rings is 1. The van der Waals surface area contributed by atoms with Gasteiger partial charge in [-0.1, -0.05) is 12.1 Å². The van der Waals surface area contributed by atoms with Crippen LogP contribution in [-0.2, 0) is 6.42 Å². The fourth-order valence-corrected chi connectivity index (χ4v) is 2.66. The van der Waals surface area contributed by atoms with Gasteiger partial charge < -0.3 is 4.90 Å². The van der Waals surface area contributed by atoms with Crippen LogP contribution in [0.1, 0.15) is 29.3 Å². The second kappa shape index (κ2) is 2.59. The highest BCUT2D eigenvalue weighted by molar-refractivity contribution is 6.04. The Morgan fingerprint density at radius 1 is 1.43 bits per heavy atom. The lowest BCUT2D eigenvalue weighted by molar-refractivity contribution is 0.0980. The lowest BCUT2D eigenvalue weighted by Gasteiger charge is -2.29. The lowest BCUT2D eigenvalue weighted by atomic mass is 9.99. The van der Waals surface area contributed by atoms with Gasteiger partial charge in [0.2, 0.25) is 0 Å². The third kappa shape index (κ3) is 0.884. The highest BCUT2D eigenvalue weighted by atomic mass is 16.1. The SMILES string of the molecule is CC1Cc2cccc3c2N1CCC3=O. The molecule has 1 aromatic rings. The number of carbonyl (C=O) groups excluding carboxylic acids is 1. The van der Waals surface area contributed by atoms with Gasteiger partial charge in [0.25, 0.3) is 0 Å². The van der Waals surface area contributed by atoms with Crippen LogP contribution < -0.4 is 4.90 Å². The summed E-state index contributed by atoms with van der Waals surface area (Å²) in [6, 6.07) is 6.69. The molecular weight excluding hydrogens is 174 g/mol. The van der Waals surface area contributed by atoms with E-state index >= 15 is 0 Å². The molecular formula is C12H13NO. The van der Waals surface area contributed by atoms with E-state index in [4.69, 9.17) is 0 Å². The Balaban J connectivity index is 2.25. The van der Waals surface area contributed by atoms with Crippen molar-refractivity contribution in [2.45, 2.75) is 25.8 Å². The minimum atomic E-state index is 0.312. The van der Waals surface area contributed by atoms with Gasteiger partial charge in [-0.3, -0.25) is 4.79 Å². The number of rotatable bonds is 0. The van der Waals surface area contributed by atoms with Crippen molar-refractivity contribution in [1.29, 1.82) is 0 Å². The van der Waals surface area contributed by atoms with Crippen molar-refractivity contribution < 1.29 is 4.79 Å². The topological polar surface area (TPSA) is 20.3 Å². The van der Waals surface area contributed by atoms with E-state index in [0.29, 0.717) is 18.2 Å². The van der Waals surface area contributed by atoms with Crippen molar-refractivity contribution in [3.8, 4) is 0 Å². The Kier molecular flexibility index (Phi) is 1.49. The summed E-state index contributed by atoms with van der Waals surface area (Å²) in [5.41, 5.74) is 3.51. The first-order valence-corrected chi connectivity index (χ1v) is 5.19. The summed E-state index contributed by atoms with van der Waals surface area (Å²) in [5.74, 6) is 0.312. The molecule has 0 saturated carbocycles. The first-order valence-electron chi connectivity index (χ1n) is 5.19. The van der Waals surface area contributed by atoms with Gasteiger partial charge in [0.1, 0.15) is 0 Å². The van der Waals surface area contributed by atoms with Crippen molar-refractivity contribution >= 4 is 11.5 Å². The average Bonchev–Trinajstić information content (AvgIpc) is 2.50. The van der Waals surface area contributed by atoms with Crippen LogP contribution in [0.25, 0.3) is 0 Å². The maximum atomic E-state index is 11.7. The fourth-order valence-electron chi connectivity index (χ4n) is 2.66. The number of hydrogen-bond donors (Lipinski definition) is 0. The molecule has 0 aromatic heterocycles. The Bertz CT molecular complexity index is 411. The molecule has 2 nitrogen and oxygen atoms in total. The molecule has 2 heteroatoms. The normalized spacial score (nSPS) is 23.9. The van der Waals surface area contributed by atoms with E-state index < -0.39 is 0 Å². The molecule has 0 amide bonds. The molecule has 0 N–H and O–H groups in total. The van der Waals surface area contributed by atoms with Crippen molar-refractivity contribution in [3.05, 3.63) is 29.3 Å². The number of anilines is 1. The second-order valence-electron chi connectivity index (χ2n) is 4.23. The van der Waals surface area contributed by atoms with Gasteiger partial charge in [-0.25, -0.2) is 0 Å². The quantitative estimate of drug-likeness (QED) is 0.619. The molecule has 2 heterocycles. The summed E-state index contributed by atoms with van der Waals surface area (Å²) in [4.78, 5) is 14.1. The summed E-state index contributed by atoms with van der Waals surface area (Å²) >= 11 is 0. The van der Waals surface area contributed by atoms with E-state index in [9.17, 15) is 4.79 Å². The molecule has 2 aliphatic rings. The van der Waals surface area contributed by atoms with E-state index in [1.54, 1.807) is 0 Å². The first-order chi connectivity index (χ1) is 6.77. The van der Waals surface area contributed by atoms with E-state index in [0.717, 1.165) is 18.5 Å². The predicted octanol–water partition coefficient (Wildman–Crippen LogP) is 2.02. The minimum Gasteiger partial charge on any atom is -0.367 e. The number of carbonyl (C=O) groups is 1. The molecule has 1 atom stereocenters. The highest BCUT2D eigenvalue weighted by Crippen LogP contribution is 2.38. The van der Waals surface area contributed by atoms with Crippen LogP contribution in [-0.4, -0.2) is 18.4 Å². The number of hydrogen-bond acceptors (Lipinski definition) is 2. The average molecular weight is 187 g/mol. The molecule has 1 aromatic carbocycles. The standard InChI is InChI=1S/C12H13NO/c1-8-7-9-3-2-4-10-11(14)5-6-13(8)12(9)10/h2-4,8H,5-7H2,1H3. The van der Waals surface area contributed by atoms with Gasteiger partial charge >= 0.3 is 0 Å². The van der Waals surface area contributed by atoms with Crippen LogP contribution in [0.2, 0.25) is 0 Å². The second-order valence-corrected chi connectivity index (χ2v) is 4.23. The molecule has 0 aliphatic carbocycles. The van der Waals surface area contributed by atoms with Gasteiger partial charge in [-0.05, 0) is 25.0 Å². The van der Waals surface area contributed by atoms with E-state index in [-0.39, 0.29) is 0 Å². The third-order valence-electron chi connectivity index (χ3n) is 3.33. The maximum Gasteiger partial charge on any atom is 0.166 e. The van der Waals surface area contributed by atoms with Crippen LogP contribution in [0.5, 0.6) is 0 Å². The van der Waals surface area contributed by atoms with E-state index in [2.05, 4.69) is 17.9 Å². The van der Waals surface area contributed by atoms with Crippen LogP contribution in [0.3, 0.4) is 0 Å². The Morgan fingerprint density at radius 3 is 3.14 bits per heavy atom. The predicted molar refractivity (Wildman–Crippen MR) is 55.9 cm³/mol. The largest absolute Gasteiger partial charge is 0.367 e. The molecule has 0 fully saturated rings. The smallest absolute Gasteiger partial charge is 0.166 e. The minimum absolute atomic E-state index is 0.312.